The number of aromatic nitrogens is 2. The zero-order valence-electron chi connectivity index (χ0n) is 14.3. The van der Waals surface area contributed by atoms with Gasteiger partial charge in [-0.2, -0.15) is 0 Å². The van der Waals surface area contributed by atoms with E-state index in [9.17, 15) is 4.79 Å². The van der Waals surface area contributed by atoms with Crippen LogP contribution < -0.4 is 4.90 Å². The molecule has 1 aliphatic heterocycles. The number of anilines is 1. The number of fused-ring (bicyclic) bond motifs is 1. The number of piperidine rings is 1. The summed E-state index contributed by atoms with van der Waals surface area (Å²) in [5.74, 6) is 1.87. The third-order valence-corrected chi connectivity index (χ3v) is 5.31. The highest BCUT2D eigenvalue weighted by Gasteiger charge is 2.32. The van der Waals surface area contributed by atoms with Crippen LogP contribution >= 0.6 is 0 Å². The summed E-state index contributed by atoms with van der Waals surface area (Å²) in [4.78, 5) is 24.4. The zero-order chi connectivity index (χ0) is 16.7. The first-order valence-corrected chi connectivity index (χ1v) is 8.84. The second kappa shape index (κ2) is 6.04. The average molecular weight is 325 g/mol. The number of rotatable bonds is 2. The van der Waals surface area contributed by atoms with Gasteiger partial charge in [0.15, 0.2) is 5.78 Å². The summed E-state index contributed by atoms with van der Waals surface area (Å²) in [6, 6.07) is 4.28. The molecule has 2 aromatic rings. The Morgan fingerprint density at radius 2 is 2.12 bits per heavy atom. The van der Waals surface area contributed by atoms with Gasteiger partial charge >= 0.3 is 0 Å². The number of aryl methyl sites for hydroxylation is 1. The highest BCUT2D eigenvalue weighted by Crippen LogP contribution is 2.34. The summed E-state index contributed by atoms with van der Waals surface area (Å²) in [5, 5.41) is 0. The predicted molar refractivity (Wildman–Crippen MR) is 91.5 cm³/mol. The van der Waals surface area contributed by atoms with Crippen LogP contribution in [-0.2, 0) is 6.42 Å². The number of Topliss-reactive ketones (excluding diaryl/α,β-unsaturated/α-hetero) is 1. The van der Waals surface area contributed by atoms with Crippen LogP contribution in [0.15, 0.2) is 22.8 Å². The fourth-order valence-electron chi connectivity index (χ4n) is 4.01. The molecule has 1 fully saturated rings. The SMILES string of the molecule is Cc1nc(N2CCCC[C@H]2C)nc2c1C(=O)C[C@H](c1ccco1)C2. The van der Waals surface area contributed by atoms with Crippen LogP contribution in [0.25, 0.3) is 0 Å². The van der Waals surface area contributed by atoms with E-state index in [0.29, 0.717) is 12.5 Å². The lowest BCUT2D eigenvalue weighted by Crippen LogP contribution is -2.39. The molecule has 4 rings (SSSR count). The second-order valence-electron chi connectivity index (χ2n) is 7.01. The first-order valence-electron chi connectivity index (χ1n) is 8.84. The van der Waals surface area contributed by atoms with Crippen LogP contribution in [0.5, 0.6) is 0 Å². The summed E-state index contributed by atoms with van der Waals surface area (Å²) in [5.41, 5.74) is 2.43. The summed E-state index contributed by atoms with van der Waals surface area (Å²) in [6.45, 7) is 5.16. The van der Waals surface area contributed by atoms with E-state index in [1.807, 2.05) is 19.1 Å². The molecule has 0 saturated carbocycles. The molecule has 0 bridgehead atoms. The van der Waals surface area contributed by atoms with E-state index in [0.717, 1.165) is 41.6 Å². The highest BCUT2D eigenvalue weighted by atomic mass is 16.3. The van der Waals surface area contributed by atoms with E-state index in [1.54, 1.807) is 6.26 Å². The Labute approximate surface area is 142 Å². The van der Waals surface area contributed by atoms with Gasteiger partial charge in [-0.25, -0.2) is 9.97 Å². The first kappa shape index (κ1) is 15.4. The fraction of sp³-hybridized carbons (Fsp3) is 0.526. The van der Waals surface area contributed by atoms with Crippen LogP contribution in [0, 0.1) is 6.92 Å². The predicted octanol–water partition coefficient (Wildman–Crippen LogP) is 3.67. The molecule has 5 heteroatoms. The molecule has 2 atom stereocenters. The van der Waals surface area contributed by atoms with Crippen molar-refractivity contribution in [2.75, 3.05) is 11.4 Å². The monoisotopic (exact) mass is 325 g/mol. The molecule has 0 spiro atoms. The number of ketones is 1. The Bertz CT molecular complexity index is 754. The smallest absolute Gasteiger partial charge is 0.226 e. The highest BCUT2D eigenvalue weighted by molar-refractivity contribution is 5.99. The molecule has 0 amide bonds. The summed E-state index contributed by atoms with van der Waals surface area (Å²) in [7, 11) is 0. The van der Waals surface area contributed by atoms with E-state index in [-0.39, 0.29) is 11.7 Å². The second-order valence-corrected chi connectivity index (χ2v) is 7.01. The summed E-state index contributed by atoms with van der Waals surface area (Å²) in [6.07, 6.45) is 6.50. The lowest BCUT2D eigenvalue weighted by molar-refractivity contribution is 0.0958. The van der Waals surface area contributed by atoms with Crippen LogP contribution in [0.1, 0.15) is 66.0 Å². The molecule has 5 nitrogen and oxygen atoms in total. The third kappa shape index (κ3) is 2.62. The summed E-state index contributed by atoms with van der Waals surface area (Å²) >= 11 is 0. The van der Waals surface area contributed by atoms with Gasteiger partial charge in [0.1, 0.15) is 5.76 Å². The molecule has 3 heterocycles. The standard InChI is InChI=1S/C19H23N3O2/c1-12-6-3-4-8-22(12)19-20-13(2)18-15(21-19)10-14(11-16(18)23)17-7-5-9-24-17/h5,7,9,12,14H,3-4,6,8,10-11H2,1-2H3/t12-,14-/m1/s1. The van der Waals surface area contributed by atoms with Crippen LogP contribution in [0.3, 0.4) is 0 Å². The van der Waals surface area contributed by atoms with Gasteiger partial charge in [0.2, 0.25) is 5.95 Å². The zero-order valence-corrected chi connectivity index (χ0v) is 14.3. The number of nitrogens with zero attached hydrogens (tertiary/aromatic N) is 3. The molecule has 0 radical (unpaired) electrons. The molecule has 0 unspecified atom stereocenters. The number of hydrogen-bond donors (Lipinski definition) is 0. The summed E-state index contributed by atoms with van der Waals surface area (Å²) < 4.78 is 5.52. The molecule has 0 N–H and O–H groups in total. The van der Waals surface area contributed by atoms with Crippen molar-refractivity contribution < 1.29 is 9.21 Å². The van der Waals surface area contributed by atoms with Crippen LogP contribution in [0.4, 0.5) is 5.95 Å². The van der Waals surface area contributed by atoms with Crippen molar-refractivity contribution in [3.05, 3.63) is 41.1 Å². The molecule has 1 aliphatic carbocycles. The Morgan fingerprint density at radius 3 is 2.88 bits per heavy atom. The topological polar surface area (TPSA) is 59.2 Å². The third-order valence-electron chi connectivity index (χ3n) is 5.31. The maximum Gasteiger partial charge on any atom is 0.226 e. The Hall–Kier alpha value is -2.17. The minimum atomic E-state index is 0.0842. The maximum atomic E-state index is 12.6. The molecule has 1 saturated heterocycles. The van der Waals surface area contributed by atoms with Gasteiger partial charge in [-0.3, -0.25) is 4.79 Å². The normalized spacial score (nSPS) is 24.1. The van der Waals surface area contributed by atoms with Crippen molar-refractivity contribution in [3.63, 3.8) is 0 Å². The number of furan rings is 1. The van der Waals surface area contributed by atoms with E-state index >= 15 is 0 Å². The molecular weight excluding hydrogens is 302 g/mol. The molecule has 126 valence electrons. The largest absolute Gasteiger partial charge is 0.469 e. The Balaban J connectivity index is 1.71. The van der Waals surface area contributed by atoms with Crippen molar-refractivity contribution in [2.45, 2.75) is 57.9 Å². The number of hydrogen-bond acceptors (Lipinski definition) is 5. The first-order chi connectivity index (χ1) is 11.6. The van der Waals surface area contributed by atoms with Crippen molar-refractivity contribution in [3.8, 4) is 0 Å². The van der Waals surface area contributed by atoms with Gasteiger partial charge in [0, 0.05) is 31.3 Å². The number of carbonyl (C=O) groups excluding carboxylic acids is 1. The minimum absolute atomic E-state index is 0.0842. The quantitative estimate of drug-likeness (QED) is 0.843. The number of carbonyl (C=O) groups is 1. The molecular formula is C19H23N3O2. The van der Waals surface area contributed by atoms with Gasteiger partial charge in [0.05, 0.1) is 23.2 Å². The average Bonchev–Trinajstić information content (AvgIpc) is 3.09. The minimum Gasteiger partial charge on any atom is -0.469 e. The molecule has 24 heavy (non-hydrogen) atoms. The van der Waals surface area contributed by atoms with E-state index < -0.39 is 0 Å². The van der Waals surface area contributed by atoms with Crippen molar-refractivity contribution in [1.29, 1.82) is 0 Å². The Morgan fingerprint density at radius 1 is 1.25 bits per heavy atom. The van der Waals surface area contributed by atoms with Crippen molar-refractivity contribution in [1.82, 2.24) is 9.97 Å². The van der Waals surface area contributed by atoms with Gasteiger partial charge in [-0.1, -0.05) is 0 Å². The Kier molecular flexibility index (Phi) is 3.87. The van der Waals surface area contributed by atoms with Crippen molar-refractivity contribution >= 4 is 11.7 Å². The van der Waals surface area contributed by atoms with Gasteiger partial charge in [0.25, 0.3) is 0 Å². The van der Waals surface area contributed by atoms with E-state index in [4.69, 9.17) is 9.40 Å². The van der Waals surface area contributed by atoms with Gasteiger partial charge < -0.3 is 9.32 Å². The van der Waals surface area contributed by atoms with Crippen LogP contribution in [-0.4, -0.2) is 28.3 Å². The van der Waals surface area contributed by atoms with Crippen LogP contribution in [0.2, 0.25) is 0 Å². The molecule has 0 aromatic carbocycles. The molecule has 2 aliphatic rings. The lowest BCUT2D eigenvalue weighted by Gasteiger charge is -2.34. The maximum absolute atomic E-state index is 12.6. The molecule has 2 aromatic heterocycles. The van der Waals surface area contributed by atoms with E-state index in [1.165, 1.54) is 19.3 Å². The van der Waals surface area contributed by atoms with Gasteiger partial charge in [-0.05, 0) is 45.2 Å². The van der Waals surface area contributed by atoms with Gasteiger partial charge in [-0.15, -0.1) is 0 Å². The van der Waals surface area contributed by atoms with E-state index in [2.05, 4.69) is 16.8 Å². The lowest BCUT2D eigenvalue weighted by atomic mass is 9.84. The fourth-order valence-corrected chi connectivity index (χ4v) is 4.01. The van der Waals surface area contributed by atoms with Crippen molar-refractivity contribution in [2.24, 2.45) is 0 Å².